The van der Waals surface area contributed by atoms with Crippen molar-refractivity contribution in [3.8, 4) is 67.0 Å². The van der Waals surface area contributed by atoms with E-state index in [0.717, 1.165) is 67.3 Å². The normalized spacial score (nSPS) is 11.1. The van der Waals surface area contributed by atoms with E-state index < -0.39 is 0 Å². The lowest BCUT2D eigenvalue weighted by Crippen LogP contribution is -2.11. The van der Waals surface area contributed by atoms with Crippen LogP contribution in [-0.4, -0.2) is 9.97 Å². The molecule has 0 bridgehead atoms. The highest BCUT2D eigenvalue weighted by molar-refractivity contribution is 5.91. The van der Waals surface area contributed by atoms with Gasteiger partial charge in [0.25, 0.3) is 0 Å². The van der Waals surface area contributed by atoms with Gasteiger partial charge in [-0.05, 0) is 87.5 Å². The van der Waals surface area contributed by atoms with Crippen molar-refractivity contribution in [2.75, 3.05) is 4.90 Å². The van der Waals surface area contributed by atoms with E-state index in [-0.39, 0.29) is 0 Å². The summed E-state index contributed by atoms with van der Waals surface area (Å²) < 4.78 is 0. The maximum absolute atomic E-state index is 5.18. The van der Waals surface area contributed by atoms with Gasteiger partial charge in [-0.2, -0.15) is 0 Å². The van der Waals surface area contributed by atoms with E-state index >= 15 is 0 Å². The molecule has 0 saturated carbocycles. The zero-order valence-electron chi connectivity index (χ0n) is 32.4. The summed E-state index contributed by atoms with van der Waals surface area (Å²) in [6.45, 7) is 0. The maximum atomic E-state index is 5.18. The molecular formula is C56H39N3. The molecule has 0 aliphatic carbocycles. The lowest BCUT2D eigenvalue weighted by molar-refractivity contribution is 1.27. The first-order chi connectivity index (χ1) is 29.2. The van der Waals surface area contributed by atoms with Gasteiger partial charge >= 0.3 is 0 Å². The van der Waals surface area contributed by atoms with Crippen LogP contribution in [0.15, 0.2) is 237 Å². The molecule has 0 saturated heterocycles. The second kappa shape index (κ2) is 15.9. The number of anilines is 3. The van der Waals surface area contributed by atoms with Gasteiger partial charge in [0.05, 0.1) is 28.1 Å². The Labute approximate surface area is 345 Å². The first-order valence-electron chi connectivity index (χ1n) is 20.0. The van der Waals surface area contributed by atoms with Crippen LogP contribution >= 0.6 is 0 Å². The molecule has 9 aromatic carbocycles. The molecule has 59 heavy (non-hydrogen) atoms. The Morgan fingerprint density at radius 3 is 1.15 bits per heavy atom. The van der Waals surface area contributed by atoms with E-state index in [2.05, 4.69) is 211 Å². The zero-order chi connectivity index (χ0) is 39.4. The molecule has 0 N–H and O–H groups in total. The maximum Gasteiger partial charge on any atom is 0.0973 e. The van der Waals surface area contributed by atoms with E-state index in [1.54, 1.807) is 0 Å². The summed E-state index contributed by atoms with van der Waals surface area (Å²) in [4.78, 5) is 12.7. The number of hydrogen-bond donors (Lipinski definition) is 0. The second-order valence-electron chi connectivity index (χ2n) is 14.6. The van der Waals surface area contributed by atoms with Crippen molar-refractivity contribution < 1.29 is 0 Å². The van der Waals surface area contributed by atoms with Gasteiger partial charge in [0.2, 0.25) is 0 Å². The van der Waals surface area contributed by atoms with Crippen molar-refractivity contribution in [3.63, 3.8) is 0 Å². The Morgan fingerprint density at radius 2 is 0.610 bits per heavy atom. The van der Waals surface area contributed by atoms with Crippen LogP contribution in [0.1, 0.15) is 0 Å². The molecule has 0 spiro atoms. The molecule has 0 atom stereocenters. The van der Waals surface area contributed by atoms with Crippen molar-refractivity contribution in [3.05, 3.63) is 237 Å². The smallest absolute Gasteiger partial charge is 0.0973 e. The molecule has 0 fully saturated rings. The topological polar surface area (TPSA) is 29.0 Å². The summed E-state index contributed by atoms with van der Waals surface area (Å²) in [6, 6.07) is 83.5. The number of fused-ring (bicyclic) bond motifs is 1. The van der Waals surface area contributed by atoms with Gasteiger partial charge in [0.1, 0.15) is 0 Å². The predicted octanol–water partition coefficient (Wildman–Crippen LogP) is 15.1. The van der Waals surface area contributed by atoms with Gasteiger partial charge in [-0.3, -0.25) is 0 Å². The fourth-order valence-corrected chi connectivity index (χ4v) is 7.89. The number of nitrogens with zero attached hydrogens (tertiary/aromatic N) is 3. The average molecular weight is 754 g/mol. The SMILES string of the molecule is c1ccc(-c2ccc(-c3ccc(N(c4ccc(-c5nc6ccccc6nc5-c5ccccc5)cc4)c4ccccc4-c4cccc(-c5ccccc5)c4)cc3)cc2)cc1. The first-order valence-corrected chi connectivity index (χ1v) is 20.0. The number of aromatic nitrogens is 2. The number of hydrogen-bond acceptors (Lipinski definition) is 3. The number of benzene rings is 9. The minimum atomic E-state index is 0.855. The largest absolute Gasteiger partial charge is 0.310 e. The van der Waals surface area contributed by atoms with Crippen LogP contribution in [0.3, 0.4) is 0 Å². The summed E-state index contributed by atoms with van der Waals surface area (Å²) in [6.07, 6.45) is 0. The minimum absolute atomic E-state index is 0.855. The lowest BCUT2D eigenvalue weighted by Gasteiger charge is -2.28. The first kappa shape index (κ1) is 35.5. The third-order valence-corrected chi connectivity index (χ3v) is 10.9. The van der Waals surface area contributed by atoms with Crippen molar-refractivity contribution >= 4 is 28.1 Å². The van der Waals surface area contributed by atoms with Gasteiger partial charge < -0.3 is 4.90 Å². The predicted molar refractivity (Wildman–Crippen MR) is 247 cm³/mol. The van der Waals surface area contributed by atoms with Crippen LogP contribution in [0.4, 0.5) is 17.1 Å². The molecule has 1 aromatic heterocycles. The Morgan fingerprint density at radius 1 is 0.254 bits per heavy atom. The Kier molecular flexibility index (Phi) is 9.59. The quantitative estimate of drug-likeness (QED) is 0.147. The van der Waals surface area contributed by atoms with Crippen molar-refractivity contribution in [2.45, 2.75) is 0 Å². The second-order valence-corrected chi connectivity index (χ2v) is 14.6. The highest BCUT2D eigenvalue weighted by Crippen LogP contribution is 2.43. The van der Waals surface area contributed by atoms with E-state index in [1.807, 2.05) is 30.3 Å². The molecular weight excluding hydrogens is 715 g/mol. The van der Waals surface area contributed by atoms with Gasteiger partial charge in [0.15, 0.2) is 0 Å². The van der Waals surface area contributed by atoms with Crippen LogP contribution in [0.5, 0.6) is 0 Å². The molecule has 278 valence electrons. The number of para-hydroxylation sites is 3. The summed E-state index contributed by atoms with van der Waals surface area (Å²) >= 11 is 0. The monoisotopic (exact) mass is 753 g/mol. The average Bonchev–Trinajstić information content (AvgIpc) is 3.33. The summed E-state index contributed by atoms with van der Waals surface area (Å²) in [5, 5.41) is 0. The molecule has 0 aliphatic heterocycles. The van der Waals surface area contributed by atoms with Gasteiger partial charge in [0, 0.05) is 28.1 Å². The van der Waals surface area contributed by atoms with Crippen LogP contribution in [0.25, 0.3) is 78.1 Å². The lowest BCUT2D eigenvalue weighted by atomic mass is 9.97. The summed E-state index contributed by atoms with van der Waals surface area (Å²) in [5.41, 5.74) is 18.1. The van der Waals surface area contributed by atoms with Crippen LogP contribution in [0.2, 0.25) is 0 Å². The highest BCUT2D eigenvalue weighted by atomic mass is 15.1. The highest BCUT2D eigenvalue weighted by Gasteiger charge is 2.19. The van der Waals surface area contributed by atoms with Crippen molar-refractivity contribution in [2.24, 2.45) is 0 Å². The standard InChI is InChI=1S/C56H39N3/c1-4-15-40(16-5-1)42-27-29-43(30-28-42)44-31-35-49(36-32-44)59(54-26-13-10-23-51(54)48-22-14-21-47(39-48)41-17-6-2-7-18-41)50-37-33-46(34-38-50)56-55(45-19-8-3-9-20-45)57-52-24-11-12-25-53(52)58-56/h1-39H. The molecule has 10 aromatic rings. The van der Waals surface area contributed by atoms with Crippen LogP contribution < -0.4 is 4.90 Å². The zero-order valence-corrected chi connectivity index (χ0v) is 32.4. The minimum Gasteiger partial charge on any atom is -0.310 e. The van der Waals surface area contributed by atoms with E-state index in [1.165, 1.54) is 27.8 Å². The summed E-state index contributed by atoms with van der Waals surface area (Å²) in [5.74, 6) is 0. The fourth-order valence-electron chi connectivity index (χ4n) is 7.89. The van der Waals surface area contributed by atoms with E-state index in [9.17, 15) is 0 Å². The Bertz CT molecular complexity index is 3000. The molecule has 3 nitrogen and oxygen atoms in total. The van der Waals surface area contributed by atoms with Crippen molar-refractivity contribution in [1.29, 1.82) is 0 Å². The Hall–Kier alpha value is -7.88. The van der Waals surface area contributed by atoms with Crippen molar-refractivity contribution in [1.82, 2.24) is 9.97 Å². The van der Waals surface area contributed by atoms with Crippen LogP contribution in [-0.2, 0) is 0 Å². The Balaban J connectivity index is 1.07. The molecule has 0 amide bonds. The van der Waals surface area contributed by atoms with Gasteiger partial charge in [-0.1, -0.05) is 188 Å². The molecule has 0 aliphatic rings. The third-order valence-electron chi connectivity index (χ3n) is 10.9. The molecule has 10 rings (SSSR count). The van der Waals surface area contributed by atoms with E-state index in [0.29, 0.717) is 0 Å². The number of rotatable bonds is 9. The van der Waals surface area contributed by atoms with Gasteiger partial charge in [-0.15, -0.1) is 0 Å². The van der Waals surface area contributed by atoms with Gasteiger partial charge in [-0.25, -0.2) is 9.97 Å². The van der Waals surface area contributed by atoms with Crippen LogP contribution in [0, 0.1) is 0 Å². The summed E-state index contributed by atoms with van der Waals surface area (Å²) in [7, 11) is 0. The molecule has 0 unspecified atom stereocenters. The van der Waals surface area contributed by atoms with E-state index in [4.69, 9.17) is 9.97 Å². The molecule has 3 heteroatoms. The fraction of sp³-hybridized carbons (Fsp3) is 0. The molecule has 1 heterocycles. The third kappa shape index (κ3) is 7.30. The molecule has 0 radical (unpaired) electrons.